The van der Waals surface area contributed by atoms with Gasteiger partial charge in [0.15, 0.2) is 0 Å². The van der Waals surface area contributed by atoms with E-state index < -0.39 is 11.9 Å². The van der Waals surface area contributed by atoms with Gasteiger partial charge < -0.3 is 15.1 Å². The molecule has 1 amide bonds. The first-order valence-corrected chi connectivity index (χ1v) is 6.44. The molecule has 1 heterocycles. The molecule has 0 bridgehead atoms. The molecule has 1 aromatic rings. The van der Waals surface area contributed by atoms with Gasteiger partial charge in [0.25, 0.3) is 5.91 Å². The van der Waals surface area contributed by atoms with Crippen LogP contribution in [0.1, 0.15) is 16.8 Å². The van der Waals surface area contributed by atoms with E-state index in [1.54, 1.807) is 0 Å². The van der Waals surface area contributed by atoms with Crippen LogP contribution in [0.2, 0.25) is 5.02 Å². The first-order valence-electron chi connectivity index (χ1n) is 6.06. The third-order valence-corrected chi connectivity index (χ3v) is 3.72. The number of likely N-dealkylation sites (tertiary alicyclic amines) is 1. The Kier molecular flexibility index (Phi) is 4.39. The first kappa shape index (κ1) is 14.2. The second kappa shape index (κ2) is 5.86. The van der Waals surface area contributed by atoms with E-state index in [9.17, 15) is 14.3 Å². The standard InChI is InChI=1S/C13H15ClFNO3/c14-10-2-1-8(5-11(10)15)13(19)16-4-3-9(7-17)12(18)6-16/h1-2,5,9,12,17-18H,3-4,6-7H2/t9-,12-/m1/s1. The molecule has 0 saturated carbocycles. The third kappa shape index (κ3) is 3.05. The van der Waals surface area contributed by atoms with Gasteiger partial charge in [-0.15, -0.1) is 0 Å². The minimum Gasteiger partial charge on any atom is -0.396 e. The topological polar surface area (TPSA) is 60.8 Å². The van der Waals surface area contributed by atoms with Crippen molar-refractivity contribution in [3.63, 3.8) is 0 Å². The van der Waals surface area contributed by atoms with Gasteiger partial charge in [-0.05, 0) is 24.6 Å². The number of hydrogen-bond acceptors (Lipinski definition) is 3. The Morgan fingerprint density at radius 3 is 2.84 bits per heavy atom. The van der Waals surface area contributed by atoms with Gasteiger partial charge in [0.2, 0.25) is 0 Å². The van der Waals surface area contributed by atoms with Crippen LogP contribution in [-0.4, -0.2) is 46.8 Å². The van der Waals surface area contributed by atoms with Crippen LogP contribution in [0.4, 0.5) is 4.39 Å². The fraction of sp³-hybridized carbons (Fsp3) is 0.462. The molecule has 1 aliphatic rings. The van der Waals surface area contributed by atoms with Crippen LogP contribution < -0.4 is 0 Å². The van der Waals surface area contributed by atoms with Crippen molar-refractivity contribution < 1.29 is 19.4 Å². The lowest BCUT2D eigenvalue weighted by Crippen LogP contribution is -2.47. The second-order valence-electron chi connectivity index (χ2n) is 4.68. The number of carbonyl (C=O) groups is 1. The van der Waals surface area contributed by atoms with Gasteiger partial charge in [0.1, 0.15) is 5.82 Å². The molecule has 0 radical (unpaired) electrons. The fourth-order valence-corrected chi connectivity index (χ4v) is 2.31. The lowest BCUT2D eigenvalue weighted by molar-refractivity contribution is 0.000865. The quantitative estimate of drug-likeness (QED) is 0.862. The summed E-state index contributed by atoms with van der Waals surface area (Å²) in [5, 5.41) is 18.8. The zero-order chi connectivity index (χ0) is 14.0. The molecule has 2 atom stereocenters. The molecule has 1 saturated heterocycles. The van der Waals surface area contributed by atoms with Crippen LogP contribution in [0, 0.1) is 11.7 Å². The summed E-state index contributed by atoms with van der Waals surface area (Å²) in [6.07, 6.45) is -0.223. The summed E-state index contributed by atoms with van der Waals surface area (Å²) < 4.78 is 13.3. The Morgan fingerprint density at radius 1 is 1.53 bits per heavy atom. The van der Waals surface area contributed by atoms with Crippen molar-refractivity contribution >= 4 is 17.5 Å². The largest absolute Gasteiger partial charge is 0.396 e. The molecule has 104 valence electrons. The highest BCUT2D eigenvalue weighted by molar-refractivity contribution is 6.30. The van der Waals surface area contributed by atoms with Crippen LogP contribution >= 0.6 is 11.6 Å². The summed E-state index contributed by atoms with van der Waals surface area (Å²) >= 11 is 5.56. The Labute approximate surface area is 115 Å². The van der Waals surface area contributed by atoms with Gasteiger partial charge >= 0.3 is 0 Å². The normalized spacial score (nSPS) is 23.5. The molecular weight excluding hydrogens is 273 g/mol. The molecule has 0 spiro atoms. The molecule has 4 nitrogen and oxygen atoms in total. The monoisotopic (exact) mass is 287 g/mol. The molecule has 1 fully saturated rings. The summed E-state index contributed by atoms with van der Waals surface area (Å²) in [5.74, 6) is -1.18. The van der Waals surface area contributed by atoms with Crippen molar-refractivity contribution in [1.82, 2.24) is 4.90 Å². The Bertz CT molecular complexity index is 483. The van der Waals surface area contributed by atoms with Crippen LogP contribution in [0.3, 0.4) is 0 Å². The summed E-state index contributed by atoms with van der Waals surface area (Å²) in [7, 11) is 0. The van der Waals surface area contributed by atoms with Gasteiger partial charge in [-0.1, -0.05) is 11.6 Å². The smallest absolute Gasteiger partial charge is 0.254 e. The van der Waals surface area contributed by atoms with Gasteiger partial charge in [-0.2, -0.15) is 0 Å². The predicted molar refractivity (Wildman–Crippen MR) is 68.5 cm³/mol. The van der Waals surface area contributed by atoms with Crippen molar-refractivity contribution in [3.8, 4) is 0 Å². The van der Waals surface area contributed by atoms with Gasteiger partial charge in [0.05, 0.1) is 11.1 Å². The molecule has 6 heteroatoms. The Hall–Kier alpha value is -1.17. The molecule has 0 unspecified atom stereocenters. The number of rotatable bonds is 2. The lowest BCUT2D eigenvalue weighted by Gasteiger charge is -2.35. The maximum Gasteiger partial charge on any atom is 0.254 e. The molecule has 0 aromatic heterocycles. The van der Waals surface area contributed by atoms with E-state index in [1.165, 1.54) is 17.0 Å². The van der Waals surface area contributed by atoms with Crippen molar-refractivity contribution in [1.29, 1.82) is 0 Å². The molecule has 1 aromatic carbocycles. The highest BCUT2D eigenvalue weighted by Gasteiger charge is 2.30. The summed E-state index contributed by atoms with van der Waals surface area (Å²) in [6.45, 7) is 0.485. The van der Waals surface area contributed by atoms with E-state index in [-0.39, 0.29) is 35.6 Å². The number of carbonyl (C=O) groups excluding carboxylic acids is 1. The highest BCUT2D eigenvalue weighted by atomic mass is 35.5. The number of piperidine rings is 1. The molecular formula is C13H15ClFNO3. The Morgan fingerprint density at radius 2 is 2.26 bits per heavy atom. The maximum atomic E-state index is 13.3. The van der Waals surface area contributed by atoms with Crippen molar-refractivity contribution in [3.05, 3.63) is 34.6 Å². The number of hydrogen-bond donors (Lipinski definition) is 2. The van der Waals surface area contributed by atoms with Crippen molar-refractivity contribution in [2.45, 2.75) is 12.5 Å². The van der Waals surface area contributed by atoms with Gasteiger partial charge in [-0.3, -0.25) is 4.79 Å². The highest BCUT2D eigenvalue weighted by Crippen LogP contribution is 2.21. The van der Waals surface area contributed by atoms with Crippen LogP contribution in [-0.2, 0) is 0 Å². The number of β-amino-alcohol motifs (C(OH)–C–C–N with tert-alkyl or cyclic N) is 1. The van der Waals surface area contributed by atoms with Crippen molar-refractivity contribution in [2.24, 2.45) is 5.92 Å². The molecule has 1 aliphatic heterocycles. The fourth-order valence-electron chi connectivity index (χ4n) is 2.19. The van der Waals surface area contributed by atoms with E-state index in [0.717, 1.165) is 6.07 Å². The zero-order valence-corrected chi connectivity index (χ0v) is 11.0. The first-order chi connectivity index (χ1) is 9.02. The zero-order valence-electron chi connectivity index (χ0n) is 10.2. The second-order valence-corrected chi connectivity index (χ2v) is 5.09. The summed E-state index contributed by atoms with van der Waals surface area (Å²) in [4.78, 5) is 13.6. The number of amides is 1. The van der Waals surface area contributed by atoms with E-state index in [4.69, 9.17) is 16.7 Å². The Balaban J connectivity index is 2.10. The number of halogens is 2. The average molecular weight is 288 g/mol. The summed E-state index contributed by atoms with van der Waals surface area (Å²) in [5.41, 5.74) is 0.205. The number of nitrogens with zero attached hydrogens (tertiary/aromatic N) is 1. The van der Waals surface area contributed by atoms with E-state index >= 15 is 0 Å². The van der Waals surface area contributed by atoms with Crippen LogP contribution in [0.25, 0.3) is 0 Å². The number of aliphatic hydroxyl groups is 2. The number of benzene rings is 1. The lowest BCUT2D eigenvalue weighted by atomic mass is 9.94. The van der Waals surface area contributed by atoms with Gasteiger partial charge in [-0.25, -0.2) is 4.39 Å². The SMILES string of the molecule is O=C(c1ccc(Cl)c(F)c1)N1CC[C@H](CO)[C@H](O)C1. The third-order valence-electron chi connectivity index (χ3n) is 3.41. The van der Waals surface area contributed by atoms with Crippen molar-refractivity contribution in [2.75, 3.05) is 19.7 Å². The van der Waals surface area contributed by atoms with E-state index in [2.05, 4.69) is 0 Å². The van der Waals surface area contributed by atoms with Gasteiger partial charge in [0, 0.05) is 31.2 Å². The van der Waals surface area contributed by atoms with E-state index in [1.807, 2.05) is 0 Å². The maximum absolute atomic E-state index is 13.3. The van der Waals surface area contributed by atoms with Crippen LogP contribution in [0.5, 0.6) is 0 Å². The van der Waals surface area contributed by atoms with E-state index in [0.29, 0.717) is 13.0 Å². The molecule has 2 N–H and O–H groups in total. The minimum absolute atomic E-state index is 0.0319. The predicted octanol–water partition coefficient (Wildman–Crippen LogP) is 1.29. The minimum atomic E-state index is -0.750. The summed E-state index contributed by atoms with van der Waals surface area (Å²) in [6, 6.07) is 3.88. The molecule has 2 rings (SSSR count). The van der Waals surface area contributed by atoms with Crippen LogP contribution in [0.15, 0.2) is 18.2 Å². The molecule has 0 aliphatic carbocycles. The molecule has 19 heavy (non-hydrogen) atoms. The average Bonchev–Trinajstić information content (AvgIpc) is 2.41. The number of aliphatic hydroxyl groups excluding tert-OH is 2.